The molecule has 1 aromatic heterocycles. The predicted molar refractivity (Wildman–Crippen MR) is 63.5 cm³/mol. The highest BCUT2D eigenvalue weighted by molar-refractivity contribution is 7.90. The van der Waals surface area contributed by atoms with E-state index in [-0.39, 0.29) is 11.3 Å². The van der Waals surface area contributed by atoms with Crippen molar-refractivity contribution < 1.29 is 13.2 Å². The zero-order valence-corrected chi connectivity index (χ0v) is 10.6. The Morgan fingerprint density at radius 1 is 1.41 bits per heavy atom. The average molecular weight is 258 g/mol. The summed E-state index contributed by atoms with van der Waals surface area (Å²) < 4.78 is 24.3. The molecule has 0 aliphatic rings. The first-order valence-corrected chi connectivity index (χ1v) is 6.67. The summed E-state index contributed by atoms with van der Waals surface area (Å²) >= 11 is 0. The highest BCUT2D eigenvalue weighted by atomic mass is 32.2. The Morgan fingerprint density at radius 2 is 2.00 bits per heavy atom. The monoisotopic (exact) mass is 258 g/mol. The van der Waals surface area contributed by atoms with Crippen LogP contribution >= 0.6 is 0 Å². The first kappa shape index (κ1) is 13.4. The van der Waals surface area contributed by atoms with Crippen LogP contribution in [0.1, 0.15) is 28.5 Å². The third-order valence-corrected chi connectivity index (χ3v) is 3.48. The molecule has 0 saturated heterocycles. The van der Waals surface area contributed by atoms with Crippen LogP contribution in [0.5, 0.6) is 0 Å². The van der Waals surface area contributed by atoms with Crippen molar-refractivity contribution in [1.29, 1.82) is 0 Å². The van der Waals surface area contributed by atoms with Gasteiger partial charge >= 0.3 is 0 Å². The van der Waals surface area contributed by atoms with E-state index in [1.165, 1.54) is 6.92 Å². The molecule has 1 amide bonds. The highest BCUT2D eigenvalue weighted by Crippen LogP contribution is 2.03. The molecule has 0 aromatic carbocycles. The highest BCUT2D eigenvalue weighted by Gasteiger charge is 2.19. The molecule has 17 heavy (non-hydrogen) atoms. The number of aryl methyl sites for hydroxylation is 2. The van der Waals surface area contributed by atoms with Gasteiger partial charge in [0.15, 0.2) is 0 Å². The number of carbonyl (C=O) groups excluding carboxylic acids is 1. The number of carbonyl (C=O) groups is 1. The number of hydrogen-bond donors (Lipinski definition) is 2. The molecule has 94 valence electrons. The smallest absolute Gasteiger partial charge is 0.270 e. The van der Waals surface area contributed by atoms with Crippen LogP contribution in [-0.2, 0) is 10.0 Å². The Labute approximate surface area is 99.1 Å². The molecule has 0 bridgehead atoms. The minimum absolute atomic E-state index is 0.173. The van der Waals surface area contributed by atoms with Crippen molar-refractivity contribution in [2.24, 2.45) is 0 Å². The van der Waals surface area contributed by atoms with Crippen LogP contribution in [-0.4, -0.2) is 25.1 Å². The molecular formula is C10H14N2O4S. The van der Waals surface area contributed by atoms with Gasteiger partial charge in [-0.15, -0.1) is 0 Å². The van der Waals surface area contributed by atoms with Gasteiger partial charge in [0.25, 0.3) is 11.5 Å². The molecule has 0 atom stereocenters. The van der Waals surface area contributed by atoms with Gasteiger partial charge in [0, 0.05) is 5.69 Å². The summed E-state index contributed by atoms with van der Waals surface area (Å²) in [6.07, 6.45) is 0. The Morgan fingerprint density at radius 3 is 2.47 bits per heavy atom. The van der Waals surface area contributed by atoms with Crippen LogP contribution in [0.4, 0.5) is 0 Å². The fourth-order valence-electron chi connectivity index (χ4n) is 1.40. The molecule has 0 saturated carbocycles. The minimum atomic E-state index is -3.66. The first-order valence-electron chi connectivity index (χ1n) is 5.02. The zero-order chi connectivity index (χ0) is 13.2. The minimum Gasteiger partial charge on any atom is -0.326 e. The van der Waals surface area contributed by atoms with E-state index >= 15 is 0 Å². The third-order valence-electron chi connectivity index (χ3n) is 2.22. The second-order valence-corrected chi connectivity index (χ2v) is 5.69. The summed E-state index contributed by atoms with van der Waals surface area (Å²) in [7, 11) is -3.66. The Kier molecular flexibility index (Phi) is 3.72. The fraction of sp³-hybridized carbons (Fsp3) is 0.400. The van der Waals surface area contributed by atoms with Crippen molar-refractivity contribution >= 4 is 15.9 Å². The van der Waals surface area contributed by atoms with E-state index in [1.807, 2.05) is 4.72 Å². The normalized spacial score (nSPS) is 11.2. The largest absolute Gasteiger partial charge is 0.326 e. The van der Waals surface area contributed by atoms with Gasteiger partial charge in [-0.1, -0.05) is 0 Å². The molecular weight excluding hydrogens is 244 g/mol. The molecule has 1 heterocycles. The van der Waals surface area contributed by atoms with Crippen LogP contribution < -0.4 is 10.3 Å². The Hall–Kier alpha value is -1.63. The Balaban J connectivity index is 3.19. The molecule has 0 aliphatic carbocycles. The van der Waals surface area contributed by atoms with Crippen LogP contribution in [0.3, 0.4) is 0 Å². The lowest BCUT2D eigenvalue weighted by molar-refractivity contribution is 0.0979. The first-order chi connectivity index (χ1) is 7.76. The van der Waals surface area contributed by atoms with E-state index in [0.717, 1.165) is 0 Å². The van der Waals surface area contributed by atoms with Gasteiger partial charge in [-0.05, 0) is 32.4 Å². The van der Waals surface area contributed by atoms with E-state index < -0.39 is 21.5 Å². The quantitative estimate of drug-likeness (QED) is 0.802. The molecule has 2 N–H and O–H groups in total. The molecule has 7 heteroatoms. The number of aromatic amines is 1. The topological polar surface area (TPSA) is 96.1 Å². The molecule has 0 aliphatic heterocycles. The lowest BCUT2D eigenvalue weighted by Crippen LogP contribution is -2.36. The standard InChI is InChI=1S/C10H14N2O4S/c1-4-17(15,16)12-10(14)8-6(2)5-7(3)11-9(8)13/h5H,4H2,1-3H3,(H,11,13)(H,12,14). The number of pyridine rings is 1. The SMILES string of the molecule is CCS(=O)(=O)NC(=O)c1c(C)cc(C)[nH]c1=O. The lowest BCUT2D eigenvalue weighted by Gasteiger charge is -2.07. The summed E-state index contributed by atoms with van der Waals surface area (Å²) in [5.41, 5.74) is 0.288. The van der Waals surface area contributed by atoms with Crippen molar-refractivity contribution in [3.05, 3.63) is 33.2 Å². The van der Waals surface area contributed by atoms with E-state index in [4.69, 9.17) is 0 Å². The van der Waals surface area contributed by atoms with Crippen molar-refractivity contribution in [1.82, 2.24) is 9.71 Å². The molecule has 1 aromatic rings. The number of nitrogens with one attached hydrogen (secondary N) is 2. The van der Waals surface area contributed by atoms with Crippen molar-refractivity contribution in [3.63, 3.8) is 0 Å². The van der Waals surface area contributed by atoms with Gasteiger partial charge in [-0.2, -0.15) is 0 Å². The number of aromatic nitrogens is 1. The summed E-state index contributed by atoms with van der Waals surface area (Å²) in [5.74, 6) is -1.12. The van der Waals surface area contributed by atoms with E-state index in [9.17, 15) is 18.0 Å². The summed E-state index contributed by atoms with van der Waals surface area (Å²) in [5, 5.41) is 0. The number of sulfonamides is 1. The second kappa shape index (κ2) is 4.70. The Bertz CT molecular complexity index is 601. The van der Waals surface area contributed by atoms with Crippen LogP contribution in [0.15, 0.2) is 10.9 Å². The summed E-state index contributed by atoms with van der Waals surface area (Å²) in [6.45, 7) is 4.66. The predicted octanol–water partition coefficient (Wildman–Crippen LogP) is 0.0712. The van der Waals surface area contributed by atoms with Crippen LogP contribution in [0.25, 0.3) is 0 Å². The number of hydrogen-bond acceptors (Lipinski definition) is 4. The fourth-order valence-corrected chi connectivity index (χ4v) is 1.93. The van der Waals surface area contributed by atoms with Gasteiger partial charge in [0.2, 0.25) is 10.0 Å². The molecule has 0 fully saturated rings. The van der Waals surface area contributed by atoms with E-state index in [1.54, 1.807) is 19.9 Å². The van der Waals surface area contributed by atoms with Crippen LogP contribution in [0, 0.1) is 13.8 Å². The third kappa shape index (κ3) is 3.16. The van der Waals surface area contributed by atoms with E-state index in [0.29, 0.717) is 11.3 Å². The average Bonchev–Trinajstić information content (AvgIpc) is 2.14. The maximum Gasteiger partial charge on any atom is 0.270 e. The number of rotatable bonds is 3. The van der Waals surface area contributed by atoms with Gasteiger partial charge in [0.1, 0.15) is 5.56 Å². The maximum absolute atomic E-state index is 11.7. The molecule has 0 radical (unpaired) electrons. The second-order valence-electron chi connectivity index (χ2n) is 3.67. The van der Waals surface area contributed by atoms with Crippen molar-refractivity contribution in [2.45, 2.75) is 20.8 Å². The number of H-pyrrole nitrogens is 1. The molecule has 1 rings (SSSR count). The number of amides is 1. The lowest BCUT2D eigenvalue weighted by atomic mass is 10.1. The van der Waals surface area contributed by atoms with Gasteiger partial charge in [-0.3, -0.25) is 9.59 Å². The van der Waals surface area contributed by atoms with Crippen molar-refractivity contribution in [2.75, 3.05) is 5.75 Å². The zero-order valence-electron chi connectivity index (χ0n) is 9.83. The molecule has 0 spiro atoms. The molecule has 6 nitrogen and oxygen atoms in total. The summed E-state index contributed by atoms with van der Waals surface area (Å²) in [6, 6.07) is 1.61. The maximum atomic E-state index is 11.7. The molecule has 0 unspecified atom stereocenters. The summed E-state index contributed by atoms with van der Waals surface area (Å²) in [4.78, 5) is 25.7. The van der Waals surface area contributed by atoms with Gasteiger partial charge < -0.3 is 4.98 Å². The van der Waals surface area contributed by atoms with Crippen molar-refractivity contribution in [3.8, 4) is 0 Å². The van der Waals surface area contributed by atoms with E-state index in [2.05, 4.69) is 4.98 Å². The van der Waals surface area contributed by atoms with Gasteiger partial charge in [-0.25, -0.2) is 13.1 Å². The van der Waals surface area contributed by atoms with Gasteiger partial charge in [0.05, 0.1) is 5.75 Å². The van der Waals surface area contributed by atoms with Crippen LogP contribution in [0.2, 0.25) is 0 Å².